The molecule has 5 nitrogen and oxygen atoms in total. The van der Waals surface area contributed by atoms with Crippen LogP contribution < -0.4 is 9.64 Å². The first-order valence-corrected chi connectivity index (χ1v) is 9.81. The molecule has 0 N–H and O–H groups in total. The predicted octanol–water partition coefficient (Wildman–Crippen LogP) is 4.24. The van der Waals surface area contributed by atoms with Crippen LogP contribution in [0.25, 0.3) is 0 Å². The van der Waals surface area contributed by atoms with Crippen LogP contribution in [0.4, 0.5) is 5.69 Å². The van der Waals surface area contributed by atoms with Crippen LogP contribution in [0.5, 0.6) is 5.75 Å². The highest BCUT2D eigenvalue weighted by molar-refractivity contribution is 6.22. The van der Waals surface area contributed by atoms with Gasteiger partial charge in [0.2, 0.25) is 11.8 Å². The van der Waals surface area contributed by atoms with E-state index in [0.717, 1.165) is 51.4 Å². The second-order valence-corrected chi connectivity index (χ2v) is 7.26. The standard InChI is InChI=1S/C21H27NO4/c1-2-3-4-5-14-19(23)26-18-13-9-8-12-17(18)22-20(24)15-10-6-7-11-16(15)21(22)25/h8-9,12-13,15-16H,2-7,10-11,14H2,1H3/t15-,16-/m0/s1. The lowest BCUT2D eigenvalue weighted by molar-refractivity contribution is -0.134. The fourth-order valence-corrected chi connectivity index (χ4v) is 4.00. The summed E-state index contributed by atoms with van der Waals surface area (Å²) in [6, 6.07) is 6.85. The Labute approximate surface area is 154 Å². The van der Waals surface area contributed by atoms with Gasteiger partial charge in [0.25, 0.3) is 0 Å². The summed E-state index contributed by atoms with van der Waals surface area (Å²) in [6.07, 6.45) is 7.87. The molecule has 3 rings (SSSR count). The molecule has 1 saturated heterocycles. The molecule has 5 heteroatoms. The van der Waals surface area contributed by atoms with Crippen LogP contribution in [0.2, 0.25) is 0 Å². The zero-order valence-corrected chi connectivity index (χ0v) is 15.4. The number of hydrogen-bond acceptors (Lipinski definition) is 4. The van der Waals surface area contributed by atoms with Crippen molar-refractivity contribution in [1.29, 1.82) is 0 Å². The van der Waals surface area contributed by atoms with Crippen LogP contribution in [-0.2, 0) is 14.4 Å². The number of ether oxygens (including phenoxy) is 1. The Balaban J connectivity index is 1.74. The Morgan fingerprint density at radius 3 is 2.35 bits per heavy atom. The second-order valence-electron chi connectivity index (χ2n) is 7.26. The van der Waals surface area contributed by atoms with Gasteiger partial charge in [-0.3, -0.25) is 14.4 Å². The van der Waals surface area contributed by atoms with Gasteiger partial charge < -0.3 is 4.74 Å². The Bertz CT molecular complexity index is 660. The largest absolute Gasteiger partial charge is 0.424 e. The lowest BCUT2D eigenvalue weighted by Gasteiger charge is -2.19. The van der Waals surface area contributed by atoms with Crippen molar-refractivity contribution in [1.82, 2.24) is 0 Å². The number of carbonyl (C=O) groups excluding carboxylic acids is 3. The average Bonchev–Trinajstić information content (AvgIpc) is 2.91. The maximum atomic E-state index is 12.8. The summed E-state index contributed by atoms with van der Waals surface area (Å²) in [5, 5.41) is 0. The van der Waals surface area contributed by atoms with Crippen molar-refractivity contribution < 1.29 is 19.1 Å². The van der Waals surface area contributed by atoms with E-state index in [1.165, 1.54) is 4.90 Å². The Morgan fingerprint density at radius 1 is 1.04 bits per heavy atom. The van der Waals surface area contributed by atoms with Gasteiger partial charge in [0.1, 0.15) is 0 Å². The lowest BCUT2D eigenvalue weighted by atomic mass is 9.81. The maximum Gasteiger partial charge on any atom is 0.311 e. The van der Waals surface area contributed by atoms with E-state index in [4.69, 9.17) is 4.74 Å². The van der Waals surface area contributed by atoms with Crippen molar-refractivity contribution >= 4 is 23.5 Å². The van der Waals surface area contributed by atoms with E-state index in [0.29, 0.717) is 17.9 Å². The summed E-state index contributed by atoms with van der Waals surface area (Å²) in [4.78, 5) is 39.0. The van der Waals surface area contributed by atoms with Crippen molar-refractivity contribution in [3.05, 3.63) is 24.3 Å². The van der Waals surface area contributed by atoms with Gasteiger partial charge in [0.15, 0.2) is 5.75 Å². The van der Waals surface area contributed by atoms with E-state index < -0.39 is 0 Å². The summed E-state index contributed by atoms with van der Waals surface area (Å²) < 4.78 is 5.50. The van der Waals surface area contributed by atoms with Crippen LogP contribution in [0, 0.1) is 11.8 Å². The zero-order valence-electron chi connectivity index (χ0n) is 15.4. The number of imide groups is 1. The van der Waals surface area contributed by atoms with Gasteiger partial charge in [-0.05, 0) is 31.4 Å². The van der Waals surface area contributed by atoms with E-state index >= 15 is 0 Å². The molecule has 1 saturated carbocycles. The molecule has 2 amide bonds. The molecule has 0 bridgehead atoms. The van der Waals surface area contributed by atoms with Crippen LogP contribution in [0.3, 0.4) is 0 Å². The fraction of sp³-hybridized carbons (Fsp3) is 0.571. The topological polar surface area (TPSA) is 63.7 Å². The number of rotatable bonds is 7. The number of hydrogen-bond donors (Lipinski definition) is 0. The monoisotopic (exact) mass is 357 g/mol. The summed E-state index contributed by atoms with van der Waals surface area (Å²) in [5.41, 5.74) is 0.402. The number of unbranched alkanes of at least 4 members (excludes halogenated alkanes) is 3. The van der Waals surface area contributed by atoms with Gasteiger partial charge in [-0.25, -0.2) is 4.90 Å². The van der Waals surface area contributed by atoms with Crippen LogP contribution in [0.1, 0.15) is 64.7 Å². The number of carbonyl (C=O) groups is 3. The van der Waals surface area contributed by atoms with Crippen molar-refractivity contribution in [2.45, 2.75) is 64.7 Å². The first kappa shape index (κ1) is 18.6. The Morgan fingerprint density at radius 2 is 1.69 bits per heavy atom. The molecular formula is C21H27NO4. The highest BCUT2D eigenvalue weighted by Gasteiger charge is 2.49. The molecule has 1 heterocycles. The minimum atomic E-state index is -0.315. The van der Waals surface area contributed by atoms with Crippen molar-refractivity contribution in [3.8, 4) is 5.75 Å². The van der Waals surface area contributed by atoms with E-state index in [9.17, 15) is 14.4 Å². The molecule has 1 aliphatic carbocycles. The van der Waals surface area contributed by atoms with Crippen LogP contribution in [0.15, 0.2) is 24.3 Å². The number of anilines is 1. The molecule has 2 atom stereocenters. The third-order valence-electron chi connectivity index (χ3n) is 5.41. The lowest BCUT2D eigenvalue weighted by Crippen LogP contribution is -2.31. The van der Waals surface area contributed by atoms with Crippen LogP contribution >= 0.6 is 0 Å². The zero-order chi connectivity index (χ0) is 18.5. The number of benzene rings is 1. The molecule has 2 fully saturated rings. The average molecular weight is 357 g/mol. The van der Waals surface area contributed by atoms with Crippen molar-refractivity contribution in [2.75, 3.05) is 4.90 Å². The minimum absolute atomic E-state index is 0.147. The van der Waals surface area contributed by atoms with E-state index in [2.05, 4.69) is 6.92 Å². The Hall–Kier alpha value is -2.17. The third kappa shape index (κ3) is 3.81. The van der Waals surface area contributed by atoms with Gasteiger partial charge in [-0.1, -0.05) is 51.2 Å². The summed E-state index contributed by atoms with van der Waals surface area (Å²) >= 11 is 0. The Kier molecular flexibility index (Phi) is 6.07. The first-order valence-electron chi connectivity index (χ1n) is 9.81. The van der Waals surface area contributed by atoms with E-state index in [1.54, 1.807) is 24.3 Å². The number of amides is 2. The summed E-state index contributed by atoms with van der Waals surface area (Å²) in [6.45, 7) is 2.12. The molecule has 1 aliphatic heterocycles. The maximum absolute atomic E-state index is 12.8. The number of esters is 1. The molecule has 1 aromatic rings. The molecule has 140 valence electrons. The summed E-state index contributed by atoms with van der Waals surface area (Å²) in [7, 11) is 0. The fourth-order valence-electron chi connectivity index (χ4n) is 4.00. The molecule has 1 aromatic carbocycles. The highest BCUT2D eigenvalue weighted by Crippen LogP contribution is 2.42. The van der Waals surface area contributed by atoms with Crippen LogP contribution in [-0.4, -0.2) is 17.8 Å². The van der Waals surface area contributed by atoms with Gasteiger partial charge in [-0.2, -0.15) is 0 Å². The quantitative estimate of drug-likeness (QED) is 0.317. The molecule has 0 spiro atoms. The number of fused-ring (bicyclic) bond motifs is 1. The highest BCUT2D eigenvalue weighted by atomic mass is 16.5. The molecular weight excluding hydrogens is 330 g/mol. The van der Waals surface area contributed by atoms with Crippen molar-refractivity contribution in [3.63, 3.8) is 0 Å². The number of nitrogens with zero attached hydrogens (tertiary/aromatic N) is 1. The number of para-hydroxylation sites is 2. The molecule has 0 aromatic heterocycles. The molecule has 0 unspecified atom stereocenters. The minimum Gasteiger partial charge on any atom is -0.424 e. The van der Waals surface area contributed by atoms with Gasteiger partial charge >= 0.3 is 5.97 Å². The SMILES string of the molecule is CCCCCCC(=O)Oc1ccccc1N1C(=O)[C@H]2CCCC[C@@H]2C1=O. The predicted molar refractivity (Wildman–Crippen MR) is 98.8 cm³/mol. The van der Waals surface area contributed by atoms with E-state index in [-0.39, 0.29) is 29.6 Å². The molecule has 26 heavy (non-hydrogen) atoms. The summed E-state index contributed by atoms with van der Waals surface area (Å²) in [5.74, 6) is -0.737. The van der Waals surface area contributed by atoms with E-state index in [1.807, 2.05) is 0 Å². The third-order valence-corrected chi connectivity index (χ3v) is 5.41. The normalized spacial score (nSPS) is 22.4. The molecule has 0 radical (unpaired) electrons. The van der Waals surface area contributed by atoms with Gasteiger partial charge in [0, 0.05) is 6.42 Å². The molecule has 2 aliphatic rings. The van der Waals surface area contributed by atoms with Gasteiger partial charge in [0.05, 0.1) is 17.5 Å². The van der Waals surface area contributed by atoms with Crippen molar-refractivity contribution in [2.24, 2.45) is 11.8 Å². The smallest absolute Gasteiger partial charge is 0.311 e. The van der Waals surface area contributed by atoms with Gasteiger partial charge in [-0.15, -0.1) is 0 Å². The first-order chi connectivity index (χ1) is 12.6. The second kappa shape index (κ2) is 8.47.